The molecule has 0 bridgehead atoms. The average Bonchev–Trinajstić information content (AvgIpc) is 2.49. The van der Waals surface area contributed by atoms with Crippen LogP contribution in [-0.2, 0) is 5.41 Å². The maximum Gasteiger partial charge on any atom is 0.507 e. The smallest absolute Gasteiger partial charge is 0.421 e. The number of ether oxygens (including phenoxy) is 2. The minimum atomic E-state index is -4.75. The summed E-state index contributed by atoms with van der Waals surface area (Å²) in [6.45, 7) is 0.291. The van der Waals surface area contributed by atoms with Gasteiger partial charge >= 0.3 is 12.2 Å². The number of hydrogen-bond donors (Lipinski definition) is 1. The van der Waals surface area contributed by atoms with E-state index in [1.54, 1.807) is 0 Å². The van der Waals surface area contributed by atoms with Gasteiger partial charge in [0, 0.05) is 23.0 Å². The van der Waals surface area contributed by atoms with Crippen LogP contribution >= 0.6 is 11.6 Å². The van der Waals surface area contributed by atoms with Crippen LogP contribution in [0.5, 0.6) is 11.5 Å². The molecule has 1 aromatic carbocycles. The summed E-state index contributed by atoms with van der Waals surface area (Å²) in [5.41, 5.74) is 6.00. The largest absolute Gasteiger partial charge is 0.507 e. The molecule has 1 fully saturated rings. The van der Waals surface area contributed by atoms with E-state index in [0.29, 0.717) is 12.1 Å². The number of alkyl halides is 4. The van der Waals surface area contributed by atoms with E-state index >= 15 is 0 Å². The van der Waals surface area contributed by atoms with Gasteiger partial charge in [-0.15, -0.1) is 0 Å². The molecule has 0 aromatic heterocycles. The Morgan fingerprint density at radius 1 is 0.957 bits per heavy atom. The Labute approximate surface area is 135 Å². The molecule has 3 nitrogen and oxygen atoms in total. The Morgan fingerprint density at radius 3 is 2.00 bits per heavy atom. The van der Waals surface area contributed by atoms with Gasteiger partial charge in [-0.3, -0.25) is 0 Å². The van der Waals surface area contributed by atoms with Crippen molar-refractivity contribution >= 4 is 11.6 Å². The lowest BCUT2D eigenvalue weighted by atomic mass is 9.69. The van der Waals surface area contributed by atoms with Crippen molar-refractivity contribution in [1.82, 2.24) is 0 Å². The van der Waals surface area contributed by atoms with Crippen LogP contribution in [0, 0.1) is 0 Å². The van der Waals surface area contributed by atoms with Crippen molar-refractivity contribution in [3.63, 3.8) is 0 Å². The fourth-order valence-electron chi connectivity index (χ4n) is 3.31. The van der Waals surface area contributed by atoms with Gasteiger partial charge in [-0.2, -0.15) is 17.6 Å². The van der Waals surface area contributed by atoms with E-state index in [1.165, 1.54) is 6.07 Å². The molecule has 2 N–H and O–H groups in total. The van der Waals surface area contributed by atoms with Crippen LogP contribution in [0.15, 0.2) is 12.1 Å². The van der Waals surface area contributed by atoms with Gasteiger partial charge in [0.15, 0.2) is 11.5 Å². The second-order valence-electron chi connectivity index (χ2n) is 6.06. The predicted octanol–water partition coefficient (Wildman–Crippen LogP) is 4.46. The first-order valence-electron chi connectivity index (χ1n) is 7.39. The Morgan fingerprint density at radius 2 is 1.48 bits per heavy atom. The minimum Gasteiger partial charge on any atom is -0.421 e. The first-order valence-corrected chi connectivity index (χ1v) is 7.76. The van der Waals surface area contributed by atoms with Crippen LogP contribution in [0.2, 0.25) is 5.02 Å². The summed E-state index contributed by atoms with van der Waals surface area (Å²) >= 11 is 6.20. The lowest BCUT2D eigenvalue weighted by molar-refractivity contribution is -0.391. The molecular formula is C15H16ClF4NO2. The highest BCUT2D eigenvalue weighted by atomic mass is 35.5. The Kier molecular flexibility index (Phi) is 3.92. The SMILES string of the molecule is NCC1(c2cc3c(cc2Cl)OC(F)(F)C(F)(F)O3)CCCCC1. The van der Waals surface area contributed by atoms with Gasteiger partial charge in [0.25, 0.3) is 0 Å². The molecule has 8 heteroatoms. The lowest BCUT2D eigenvalue weighted by Gasteiger charge is -2.39. The topological polar surface area (TPSA) is 44.5 Å². The van der Waals surface area contributed by atoms with E-state index in [9.17, 15) is 17.6 Å². The fourth-order valence-corrected chi connectivity index (χ4v) is 3.66. The van der Waals surface area contributed by atoms with Crippen LogP contribution in [0.1, 0.15) is 37.7 Å². The van der Waals surface area contributed by atoms with E-state index in [2.05, 4.69) is 9.47 Å². The normalized spacial score (nSPS) is 24.3. The molecule has 0 atom stereocenters. The molecule has 2 aliphatic rings. The van der Waals surface area contributed by atoms with Crippen LogP contribution < -0.4 is 15.2 Å². The number of rotatable bonds is 2. The van der Waals surface area contributed by atoms with Crippen LogP contribution in [0.4, 0.5) is 17.6 Å². The van der Waals surface area contributed by atoms with Crippen molar-refractivity contribution in [2.45, 2.75) is 49.7 Å². The first kappa shape index (κ1) is 16.6. The highest BCUT2D eigenvalue weighted by Crippen LogP contribution is 2.51. The summed E-state index contributed by atoms with van der Waals surface area (Å²) in [7, 11) is 0. The third-order valence-corrected chi connectivity index (χ3v) is 4.93. The van der Waals surface area contributed by atoms with Crippen molar-refractivity contribution in [2.24, 2.45) is 5.73 Å². The maximum atomic E-state index is 13.4. The molecule has 23 heavy (non-hydrogen) atoms. The van der Waals surface area contributed by atoms with Crippen molar-refractivity contribution in [3.8, 4) is 11.5 Å². The van der Waals surface area contributed by atoms with Crippen LogP contribution in [0.25, 0.3) is 0 Å². The Bertz CT molecular complexity index is 618. The van der Waals surface area contributed by atoms with Gasteiger partial charge in [0.05, 0.1) is 0 Å². The minimum absolute atomic E-state index is 0.167. The number of halogens is 5. The number of nitrogens with two attached hydrogens (primary N) is 1. The summed E-state index contributed by atoms with van der Waals surface area (Å²) in [6, 6.07) is 2.36. The quantitative estimate of drug-likeness (QED) is 0.798. The van der Waals surface area contributed by atoms with E-state index in [1.807, 2.05) is 0 Å². The summed E-state index contributed by atoms with van der Waals surface area (Å²) in [5, 5.41) is 0.167. The molecule has 1 aliphatic heterocycles. The lowest BCUT2D eigenvalue weighted by Crippen LogP contribution is -2.52. The highest BCUT2D eigenvalue weighted by molar-refractivity contribution is 6.31. The van der Waals surface area contributed by atoms with Crippen molar-refractivity contribution < 1.29 is 27.0 Å². The summed E-state index contributed by atoms with van der Waals surface area (Å²) in [6.07, 6.45) is -5.03. The third-order valence-electron chi connectivity index (χ3n) is 4.62. The second kappa shape index (κ2) is 5.41. The van der Waals surface area contributed by atoms with E-state index in [-0.39, 0.29) is 5.02 Å². The first-order chi connectivity index (χ1) is 10.7. The summed E-state index contributed by atoms with van der Waals surface area (Å²) in [5.74, 6) is -0.948. The number of fused-ring (bicyclic) bond motifs is 1. The van der Waals surface area contributed by atoms with Gasteiger partial charge in [-0.1, -0.05) is 30.9 Å². The van der Waals surface area contributed by atoms with Crippen LogP contribution in [-0.4, -0.2) is 18.8 Å². The van der Waals surface area contributed by atoms with Gasteiger partial charge in [0.1, 0.15) is 0 Å². The van der Waals surface area contributed by atoms with E-state index < -0.39 is 29.1 Å². The molecule has 0 radical (unpaired) electrons. The molecule has 0 spiro atoms. The zero-order valence-electron chi connectivity index (χ0n) is 12.2. The van der Waals surface area contributed by atoms with Gasteiger partial charge in [0.2, 0.25) is 0 Å². The third kappa shape index (κ3) is 2.63. The average molecular weight is 354 g/mol. The van der Waals surface area contributed by atoms with Crippen molar-refractivity contribution in [3.05, 3.63) is 22.7 Å². The molecule has 0 amide bonds. The van der Waals surface area contributed by atoms with Crippen molar-refractivity contribution in [1.29, 1.82) is 0 Å². The molecule has 0 saturated heterocycles. The Hall–Kier alpha value is -1.21. The molecule has 1 saturated carbocycles. The molecule has 1 aromatic rings. The number of hydrogen-bond acceptors (Lipinski definition) is 3. The predicted molar refractivity (Wildman–Crippen MR) is 76.4 cm³/mol. The van der Waals surface area contributed by atoms with E-state index in [0.717, 1.165) is 38.2 Å². The summed E-state index contributed by atoms with van der Waals surface area (Å²) < 4.78 is 61.5. The molecule has 1 aliphatic carbocycles. The standard InChI is InChI=1S/C15H16ClF4NO2/c16-10-7-12-11(22-14(17,18)15(19,20)23-12)6-9(10)13(8-21)4-2-1-3-5-13/h6-7H,1-5,8,21H2. The zero-order valence-corrected chi connectivity index (χ0v) is 12.9. The van der Waals surface area contributed by atoms with Crippen molar-refractivity contribution in [2.75, 3.05) is 6.54 Å². The molecule has 3 rings (SSSR count). The molecule has 0 unspecified atom stereocenters. The van der Waals surface area contributed by atoms with Gasteiger partial charge in [-0.25, -0.2) is 0 Å². The van der Waals surface area contributed by atoms with E-state index in [4.69, 9.17) is 17.3 Å². The molecule has 128 valence electrons. The monoisotopic (exact) mass is 353 g/mol. The summed E-state index contributed by atoms with van der Waals surface area (Å²) in [4.78, 5) is 0. The zero-order chi connectivity index (χ0) is 16.9. The van der Waals surface area contributed by atoms with Gasteiger partial charge in [-0.05, 0) is 24.5 Å². The molecule has 1 heterocycles. The highest BCUT2D eigenvalue weighted by Gasteiger charge is 2.66. The number of benzene rings is 1. The fraction of sp³-hybridized carbons (Fsp3) is 0.600. The van der Waals surface area contributed by atoms with Gasteiger partial charge < -0.3 is 15.2 Å². The Balaban J connectivity index is 2.06. The maximum absolute atomic E-state index is 13.4. The molecular weight excluding hydrogens is 338 g/mol. The van der Waals surface area contributed by atoms with Crippen LogP contribution in [0.3, 0.4) is 0 Å². The second-order valence-corrected chi connectivity index (χ2v) is 6.47.